The maximum atomic E-state index is 5.22. The molecule has 1 fully saturated rings. The van der Waals surface area contributed by atoms with E-state index >= 15 is 0 Å². The lowest BCUT2D eigenvalue weighted by Crippen LogP contribution is -2.40. The van der Waals surface area contributed by atoms with E-state index in [0.29, 0.717) is 6.54 Å². The smallest absolute Gasteiger partial charge is 0.227 e. The third-order valence-corrected chi connectivity index (χ3v) is 4.93. The van der Waals surface area contributed by atoms with Gasteiger partial charge in [0.1, 0.15) is 18.7 Å². The SMILES string of the molecule is CO[n+]1cccc(CNc2cc(N3CCCC3)nc3c(Br)cnn23)c1. The molecular formula is C17H20BrN6O+. The van der Waals surface area contributed by atoms with Crippen LogP contribution >= 0.6 is 15.9 Å². The molecule has 1 N–H and O–H groups in total. The van der Waals surface area contributed by atoms with E-state index in [1.165, 1.54) is 12.8 Å². The highest BCUT2D eigenvalue weighted by atomic mass is 79.9. The Morgan fingerprint density at radius 1 is 1.36 bits per heavy atom. The molecule has 0 atom stereocenters. The standard InChI is InChI=1S/C17H20BrN6O/c1-25-23-8-4-5-13(12-23)10-19-15-9-16(22-6-2-3-7-22)21-17-14(18)11-20-24(15)17/h4-5,8-9,11-12,19H,2-3,6-7,10H2,1H3/q+1. The maximum absolute atomic E-state index is 5.22. The van der Waals surface area contributed by atoms with Crippen molar-refractivity contribution < 1.29 is 9.57 Å². The number of fused-ring (bicyclic) bond motifs is 1. The van der Waals surface area contributed by atoms with Crippen molar-refractivity contribution in [3.05, 3.63) is 46.8 Å². The van der Waals surface area contributed by atoms with Crippen LogP contribution in [-0.4, -0.2) is 34.8 Å². The van der Waals surface area contributed by atoms with Crippen LogP contribution < -0.4 is 19.8 Å². The minimum absolute atomic E-state index is 0.667. The molecule has 0 amide bonds. The lowest BCUT2D eigenvalue weighted by atomic mass is 10.3. The zero-order valence-electron chi connectivity index (χ0n) is 14.0. The van der Waals surface area contributed by atoms with Gasteiger partial charge in [0.25, 0.3) is 0 Å². The van der Waals surface area contributed by atoms with E-state index in [9.17, 15) is 0 Å². The van der Waals surface area contributed by atoms with E-state index < -0.39 is 0 Å². The third-order valence-electron chi connectivity index (χ3n) is 4.37. The Labute approximate surface area is 154 Å². The van der Waals surface area contributed by atoms with Crippen molar-refractivity contribution in [3.63, 3.8) is 0 Å². The van der Waals surface area contributed by atoms with Gasteiger partial charge in [0.2, 0.25) is 12.4 Å². The average molecular weight is 404 g/mol. The molecule has 0 unspecified atom stereocenters. The average Bonchev–Trinajstić information content (AvgIpc) is 3.30. The van der Waals surface area contributed by atoms with Gasteiger partial charge in [-0.05, 0) is 34.8 Å². The monoisotopic (exact) mass is 403 g/mol. The predicted molar refractivity (Wildman–Crippen MR) is 98.6 cm³/mol. The Hall–Kier alpha value is -2.35. The molecule has 0 radical (unpaired) electrons. The number of hydrogen-bond donors (Lipinski definition) is 1. The summed E-state index contributed by atoms with van der Waals surface area (Å²) in [5, 5.41) is 7.90. The molecule has 25 heavy (non-hydrogen) atoms. The van der Waals surface area contributed by atoms with Crippen LogP contribution in [0.3, 0.4) is 0 Å². The Bertz CT molecular complexity index is 890. The highest BCUT2D eigenvalue weighted by Gasteiger charge is 2.17. The van der Waals surface area contributed by atoms with E-state index in [1.54, 1.807) is 18.0 Å². The van der Waals surface area contributed by atoms with Gasteiger partial charge in [-0.3, -0.25) is 4.84 Å². The fourth-order valence-corrected chi connectivity index (χ4v) is 3.42. The molecule has 7 nitrogen and oxygen atoms in total. The lowest BCUT2D eigenvalue weighted by Gasteiger charge is -2.18. The number of pyridine rings is 1. The van der Waals surface area contributed by atoms with Crippen LogP contribution in [0, 0.1) is 0 Å². The first-order valence-electron chi connectivity index (χ1n) is 8.32. The summed E-state index contributed by atoms with van der Waals surface area (Å²) in [6.45, 7) is 2.78. The van der Waals surface area contributed by atoms with Crippen LogP contribution in [-0.2, 0) is 6.54 Å². The van der Waals surface area contributed by atoms with Gasteiger partial charge < -0.3 is 10.2 Å². The van der Waals surface area contributed by atoms with Crippen molar-refractivity contribution >= 4 is 33.2 Å². The second-order valence-electron chi connectivity index (χ2n) is 6.03. The number of anilines is 2. The summed E-state index contributed by atoms with van der Waals surface area (Å²) in [7, 11) is 1.65. The van der Waals surface area contributed by atoms with E-state index in [0.717, 1.165) is 40.4 Å². The third kappa shape index (κ3) is 3.26. The number of hydrogen-bond acceptors (Lipinski definition) is 5. The van der Waals surface area contributed by atoms with Gasteiger partial charge in [-0.25, -0.2) is 4.98 Å². The van der Waals surface area contributed by atoms with Crippen molar-refractivity contribution in [3.8, 4) is 0 Å². The first-order valence-corrected chi connectivity index (χ1v) is 9.12. The number of nitrogens with one attached hydrogen (secondary N) is 1. The highest BCUT2D eigenvalue weighted by molar-refractivity contribution is 9.10. The molecule has 0 spiro atoms. The van der Waals surface area contributed by atoms with Crippen LogP contribution in [0.1, 0.15) is 18.4 Å². The van der Waals surface area contributed by atoms with Crippen LogP contribution in [0.5, 0.6) is 0 Å². The number of nitrogens with zero attached hydrogens (tertiary/aromatic N) is 5. The minimum atomic E-state index is 0.667. The fraction of sp³-hybridized carbons (Fsp3) is 0.353. The molecule has 1 aliphatic rings. The number of aromatic nitrogens is 4. The molecular weight excluding hydrogens is 384 g/mol. The van der Waals surface area contributed by atoms with E-state index in [1.807, 2.05) is 23.0 Å². The van der Waals surface area contributed by atoms with Crippen LogP contribution in [0.2, 0.25) is 0 Å². The second-order valence-corrected chi connectivity index (χ2v) is 6.88. The van der Waals surface area contributed by atoms with E-state index in [4.69, 9.17) is 9.82 Å². The molecule has 3 aromatic rings. The zero-order chi connectivity index (χ0) is 17.2. The van der Waals surface area contributed by atoms with Crippen molar-refractivity contribution in [1.82, 2.24) is 14.6 Å². The van der Waals surface area contributed by atoms with Crippen LogP contribution in [0.25, 0.3) is 5.65 Å². The van der Waals surface area contributed by atoms with Crippen molar-refractivity contribution in [2.75, 3.05) is 30.4 Å². The van der Waals surface area contributed by atoms with Crippen molar-refractivity contribution in [1.29, 1.82) is 0 Å². The molecule has 8 heteroatoms. The molecule has 4 heterocycles. The van der Waals surface area contributed by atoms with Gasteiger partial charge >= 0.3 is 0 Å². The Morgan fingerprint density at radius 3 is 3.00 bits per heavy atom. The first kappa shape index (κ1) is 16.1. The molecule has 4 rings (SSSR count). The molecule has 130 valence electrons. The summed E-state index contributed by atoms with van der Waals surface area (Å²) >= 11 is 3.55. The summed E-state index contributed by atoms with van der Waals surface area (Å²) in [5.41, 5.74) is 1.94. The normalized spacial score (nSPS) is 14.2. The van der Waals surface area contributed by atoms with E-state index in [2.05, 4.69) is 43.4 Å². The summed E-state index contributed by atoms with van der Waals surface area (Å²) < 4.78 is 4.41. The number of halogens is 1. The van der Waals surface area contributed by atoms with Gasteiger partial charge in [-0.1, -0.05) is 0 Å². The molecule has 1 aliphatic heterocycles. The van der Waals surface area contributed by atoms with Gasteiger partial charge in [0.15, 0.2) is 5.65 Å². The summed E-state index contributed by atoms with van der Waals surface area (Å²) in [6, 6.07) is 6.09. The van der Waals surface area contributed by atoms with Gasteiger partial charge in [-0.15, -0.1) is 0 Å². The summed E-state index contributed by atoms with van der Waals surface area (Å²) in [4.78, 5) is 12.3. The summed E-state index contributed by atoms with van der Waals surface area (Å²) in [6.07, 6.45) is 8.03. The molecule has 1 saturated heterocycles. The Morgan fingerprint density at radius 2 is 2.20 bits per heavy atom. The van der Waals surface area contributed by atoms with Crippen molar-refractivity contribution in [2.45, 2.75) is 19.4 Å². The van der Waals surface area contributed by atoms with Gasteiger partial charge in [-0.2, -0.15) is 9.61 Å². The van der Waals surface area contributed by atoms with Crippen LogP contribution in [0.4, 0.5) is 11.6 Å². The van der Waals surface area contributed by atoms with Crippen LogP contribution in [0.15, 0.2) is 41.3 Å². The largest absolute Gasteiger partial charge is 0.366 e. The number of rotatable bonds is 5. The molecule has 3 aromatic heterocycles. The lowest BCUT2D eigenvalue weighted by molar-refractivity contribution is -0.885. The highest BCUT2D eigenvalue weighted by Crippen LogP contribution is 2.26. The van der Waals surface area contributed by atoms with Gasteiger partial charge in [0, 0.05) is 42.1 Å². The van der Waals surface area contributed by atoms with E-state index in [-0.39, 0.29) is 0 Å². The minimum Gasteiger partial charge on any atom is -0.366 e. The summed E-state index contributed by atoms with van der Waals surface area (Å²) in [5.74, 6) is 1.92. The Kier molecular flexibility index (Phi) is 4.44. The quantitative estimate of drug-likeness (QED) is 0.660. The maximum Gasteiger partial charge on any atom is 0.227 e. The first-order chi connectivity index (χ1) is 12.2. The topological polar surface area (TPSA) is 58.6 Å². The Balaban J connectivity index is 1.65. The molecule has 0 aromatic carbocycles. The molecule has 0 aliphatic carbocycles. The zero-order valence-corrected chi connectivity index (χ0v) is 15.6. The fourth-order valence-electron chi connectivity index (χ4n) is 3.07. The molecule has 0 saturated carbocycles. The second kappa shape index (κ2) is 6.87. The molecule has 0 bridgehead atoms. The van der Waals surface area contributed by atoms with Crippen molar-refractivity contribution in [2.24, 2.45) is 0 Å². The predicted octanol–water partition coefficient (Wildman–Crippen LogP) is 2.05. The van der Waals surface area contributed by atoms with Gasteiger partial charge in [0.05, 0.1) is 10.7 Å².